The van der Waals surface area contributed by atoms with Crippen LogP contribution < -0.4 is 5.73 Å². The lowest BCUT2D eigenvalue weighted by Gasteiger charge is -2.18. The van der Waals surface area contributed by atoms with Crippen molar-refractivity contribution >= 4 is 29.0 Å². The van der Waals surface area contributed by atoms with Crippen molar-refractivity contribution in [2.75, 3.05) is 13.1 Å². The van der Waals surface area contributed by atoms with Crippen LogP contribution in [0, 0.1) is 0 Å². The van der Waals surface area contributed by atoms with Crippen LogP contribution >= 0.6 is 11.8 Å². The van der Waals surface area contributed by atoms with E-state index in [1.807, 2.05) is 12.1 Å². The number of quaternary nitrogens is 1. The minimum atomic E-state index is -0.214. The molecule has 21 heavy (non-hydrogen) atoms. The highest BCUT2D eigenvalue weighted by Crippen LogP contribution is 2.32. The minimum Gasteiger partial charge on any atom is -0.356 e. The molecule has 1 aliphatic heterocycles. The number of nitrogens with zero attached hydrogens (tertiary/aromatic N) is 1. The molecule has 1 aliphatic rings. The van der Waals surface area contributed by atoms with Gasteiger partial charge in [0, 0.05) is 0 Å². The highest BCUT2D eigenvalue weighted by molar-refractivity contribution is 8.18. The van der Waals surface area contributed by atoms with Crippen molar-refractivity contribution in [1.82, 2.24) is 4.90 Å². The summed E-state index contributed by atoms with van der Waals surface area (Å²) in [6.07, 6.45) is 1.78. The second kappa shape index (κ2) is 6.03. The van der Waals surface area contributed by atoms with Gasteiger partial charge in [0.15, 0.2) is 0 Å². The predicted octanol–water partition coefficient (Wildman–Crippen LogP) is 2.26. The van der Waals surface area contributed by atoms with Crippen LogP contribution in [0.3, 0.4) is 0 Å². The lowest BCUT2D eigenvalue weighted by Crippen LogP contribution is -2.55. The van der Waals surface area contributed by atoms with E-state index in [0.717, 1.165) is 17.3 Å². The molecule has 0 aliphatic carbocycles. The van der Waals surface area contributed by atoms with Crippen molar-refractivity contribution in [3.63, 3.8) is 0 Å². The molecule has 4 nitrogen and oxygen atoms in total. The molecule has 0 bridgehead atoms. The normalized spacial score (nSPS) is 17.9. The van der Waals surface area contributed by atoms with Crippen LogP contribution in [-0.2, 0) is 10.2 Å². The standard InChI is InChI=1S/C16H20N2O2S/c1-16(2,3)12-6-4-11(5-7-12)10-13-14(19)18(9-8-17)15(20)21-13/h4-7,10H,8-9,17H2,1-3H3/p+1/b13-10-. The summed E-state index contributed by atoms with van der Waals surface area (Å²) >= 11 is 0.997. The van der Waals surface area contributed by atoms with E-state index in [4.69, 9.17) is 0 Å². The molecule has 2 rings (SSSR count). The molecule has 0 atom stereocenters. The topological polar surface area (TPSA) is 65.0 Å². The van der Waals surface area contributed by atoms with Crippen molar-refractivity contribution in [2.24, 2.45) is 0 Å². The summed E-state index contributed by atoms with van der Waals surface area (Å²) in [6, 6.07) is 8.09. The van der Waals surface area contributed by atoms with E-state index in [1.165, 1.54) is 10.5 Å². The van der Waals surface area contributed by atoms with Crippen molar-refractivity contribution in [3.05, 3.63) is 40.3 Å². The summed E-state index contributed by atoms with van der Waals surface area (Å²) < 4.78 is 0. The first-order chi connectivity index (χ1) is 9.82. The highest BCUT2D eigenvalue weighted by atomic mass is 32.2. The largest absolute Gasteiger partial charge is 0.356 e. The number of carbonyl (C=O) groups is 2. The van der Waals surface area contributed by atoms with Gasteiger partial charge >= 0.3 is 0 Å². The lowest BCUT2D eigenvalue weighted by atomic mass is 9.87. The Bertz CT molecular complexity index is 585. The molecule has 0 saturated carbocycles. The second-order valence-corrected chi connectivity index (χ2v) is 7.05. The van der Waals surface area contributed by atoms with E-state index in [2.05, 4.69) is 38.6 Å². The fourth-order valence-electron chi connectivity index (χ4n) is 2.08. The number of carbonyl (C=O) groups excluding carboxylic acids is 2. The molecule has 1 fully saturated rings. The summed E-state index contributed by atoms with van der Waals surface area (Å²) in [4.78, 5) is 25.6. The van der Waals surface area contributed by atoms with Crippen molar-refractivity contribution in [3.8, 4) is 0 Å². The van der Waals surface area contributed by atoms with E-state index in [-0.39, 0.29) is 16.6 Å². The number of thioether (sulfide) groups is 1. The van der Waals surface area contributed by atoms with Crippen molar-refractivity contribution in [1.29, 1.82) is 0 Å². The third kappa shape index (κ3) is 3.54. The zero-order valence-electron chi connectivity index (χ0n) is 12.7. The van der Waals surface area contributed by atoms with Crippen LogP contribution in [0.5, 0.6) is 0 Å². The smallest absolute Gasteiger partial charge is 0.293 e. The average Bonchev–Trinajstić information content (AvgIpc) is 2.66. The predicted molar refractivity (Wildman–Crippen MR) is 85.6 cm³/mol. The van der Waals surface area contributed by atoms with Crippen LogP contribution in [0.1, 0.15) is 31.9 Å². The molecule has 0 spiro atoms. The van der Waals surface area contributed by atoms with Gasteiger partial charge in [0.05, 0.1) is 18.0 Å². The Kier molecular flexibility index (Phi) is 4.54. The van der Waals surface area contributed by atoms with Gasteiger partial charge in [-0.1, -0.05) is 45.0 Å². The first-order valence-corrected chi connectivity index (χ1v) is 7.80. The van der Waals surface area contributed by atoms with Crippen molar-refractivity contribution < 1.29 is 15.3 Å². The van der Waals surface area contributed by atoms with Crippen LogP contribution in [0.25, 0.3) is 6.08 Å². The Morgan fingerprint density at radius 3 is 2.33 bits per heavy atom. The number of benzene rings is 1. The monoisotopic (exact) mass is 305 g/mol. The molecule has 1 heterocycles. The third-order valence-corrected chi connectivity index (χ3v) is 4.24. The molecule has 0 unspecified atom stereocenters. The molecule has 0 radical (unpaired) electrons. The maximum Gasteiger partial charge on any atom is 0.293 e. The van der Waals surface area contributed by atoms with Crippen LogP contribution in [0.4, 0.5) is 4.79 Å². The molecule has 3 N–H and O–H groups in total. The second-order valence-electron chi connectivity index (χ2n) is 6.06. The summed E-state index contributed by atoms with van der Waals surface area (Å²) in [5.74, 6) is -0.214. The SMILES string of the molecule is CC(C)(C)c1ccc(/C=C2\SC(=O)N(CC[NH3+])C2=O)cc1. The molecular formula is C16H21N2O2S+. The highest BCUT2D eigenvalue weighted by Gasteiger charge is 2.34. The van der Waals surface area contributed by atoms with Gasteiger partial charge in [-0.05, 0) is 34.4 Å². The maximum absolute atomic E-state index is 12.1. The van der Waals surface area contributed by atoms with Gasteiger partial charge in [0.2, 0.25) is 0 Å². The molecular weight excluding hydrogens is 284 g/mol. The first-order valence-electron chi connectivity index (χ1n) is 6.98. The third-order valence-electron chi connectivity index (χ3n) is 3.33. The average molecular weight is 305 g/mol. The Morgan fingerprint density at radius 2 is 1.81 bits per heavy atom. The van der Waals surface area contributed by atoms with Crippen LogP contribution in [-0.4, -0.2) is 29.1 Å². The molecule has 2 amide bonds. The Labute approximate surface area is 129 Å². The number of imide groups is 1. The summed E-state index contributed by atoms with van der Waals surface area (Å²) in [5, 5.41) is -0.207. The minimum absolute atomic E-state index is 0.102. The van der Waals surface area contributed by atoms with E-state index < -0.39 is 0 Å². The van der Waals surface area contributed by atoms with Gasteiger partial charge in [0.1, 0.15) is 0 Å². The van der Waals surface area contributed by atoms with E-state index in [1.54, 1.807) is 6.08 Å². The van der Waals surface area contributed by atoms with Gasteiger partial charge in [-0.25, -0.2) is 0 Å². The number of rotatable bonds is 3. The number of amides is 2. The Balaban J connectivity index is 2.21. The fraction of sp³-hybridized carbons (Fsp3) is 0.375. The fourth-order valence-corrected chi connectivity index (χ4v) is 2.95. The van der Waals surface area contributed by atoms with Gasteiger partial charge in [-0.3, -0.25) is 14.5 Å². The summed E-state index contributed by atoms with van der Waals surface area (Å²) in [6.45, 7) is 7.39. The first kappa shape index (κ1) is 15.8. The lowest BCUT2D eigenvalue weighted by molar-refractivity contribution is -0.367. The zero-order valence-corrected chi connectivity index (χ0v) is 13.5. The van der Waals surface area contributed by atoms with Gasteiger partial charge in [-0.15, -0.1) is 0 Å². The van der Waals surface area contributed by atoms with Crippen molar-refractivity contribution in [2.45, 2.75) is 26.2 Å². The molecule has 5 heteroatoms. The van der Waals surface area contributed by atoms with E-state index in [9.17, 15) is 9.59 Å². The quantitative estimate of drug-likeness (QED) is 0.871. The van der Waals surface area contributed by atoms with Gasteiger partial charge in [0.25, 0.3) is 11.1 Å². The van der Waals surface area contributed by atoms with Crippen LogP contribution in [0.15, 0.2) is 29.2 Å². The molecule has 1 aromatic rings. The van der Waals surface area contributed by atoms with Gasteiger partial charge < -0.3 is 5.73 Å². The van der Waals surface area contributed by atoms with E-state index >= 15 is 0 Å². The molecule has 1 saturated heterocycles. The molecule has 0 aromatic heterocycles. The number of hydrogen-bond donors (Lipinski definition) is 1. The molecule has 112 valence electrons. The van der Waals surface area contributed by atoms with E-state index in [0.29, 0.717) is 18.0 Å². The summed E-state index contributed by atoms with van der Waals surface area (Å²) in [7, 11) is 0. The van der Waals surface area contributed by atoms with Crippen LogP contribution in [0.2, 0.25) is 0 Å². The maximum atomic E-state index is 12.1. The van der Waals surface area contributed by atoms with Gasteiger partial charge in [-0.2, -0.15) is 0 Å². The Morgan fingerprint density at radius 1 is 1.19 bits per heavy atom. The summed E-state index contributed by atoms with van der Waals surface area (Å²) in [5.41, 5.74) is 5.96. The number of hydrogen-bond acceptors (Lipinski definition) is 3. The molecule has 1 aromatic carbocycles. The zero-order chi connectivity index (χ0) is 15.6. The Hall–Kier alpha value is -1.59.